The van der Waals surface area contributed by atoms with Gasteiger partial charge in [0.05, 0.1) is 0 Å². The summed E-state index contributed by atoms with van der Waals surface area (Å²) in [7, 11) is 0. The Kier molecular flexibility index (Phi) is 5.13. The van der Waals surface area contributed by atoms with Crippen molar-refractivity contribution in [2.45, 2.75) is 33.6 Å². The number of benzene rings is 2. The summed E-state index contributed by atoms with van der Waals surface area (Å²) in [5, 5.41) is 2.84. The van der Waals surface area contributed by atoms with Gasteiger partial charge >= 0.3 is 0 Å². The van der Waals surface area contributed by atoms with Crippen molar-refractivity contribution in [3.05, 3.63) is 59.7 Å². The third-order valence-corrected chi connectivity index (χ3v) is 5.02. The van der Waals surface area contributed by atoms with Crippen LogP contribution in [0.25, 0.3) is 0 Å². The molecule has 1 saturated carbocycles. The van der Waals surface area contributed by atoms with Gasteiger partial charge in [0.2, 0.25) is 11.8 Å². The number of carbonyl (C=O) groups is 3. The van der Waals surface area contributed by atoms with Crippen LogP contribution in [0.2, 0.25) is 0 Å². The minimum Gasteiger partial charge on any atom is -0.325 e. The van der Waals surface area contributed by atoms with Gasteiger partial charge in [-0.1, -0.05) is 12.1 Å². The van der Waals surface area contributed by atoms with Crippen molar-refractivity contribution in [3.63, 3.8) is 0 Å². The van der Waals surface area contributed by atoms with Crippen LogP contribution in [0.4, 0.5) is 11.4 Å². The van der Waals surface area contributed by atoms with Crippen LogP contribution in [0.15, 0.2) is 48.5 Å². The van der Waals surface area contributed by atoms with E-state index in [1.165, 1.54) is 6.92 Å². The maximum atomic E-state index is 13.2. The maximum Gasteiger partial charge on any atom is 0.242 e. The Morgan fingerprint density at radius 2 is 1.74 bits per heavy atom. The molecule has 0 spiro atoms. The van der Waals surface area contributed by atoms with E-state index < -0.39 is 5.41 Å². The summed E-state index contributed by atoms with van der Waals surface area (Å²) in [5.74, 6) is -0.471. The van der Waals surface area contributed by atoms with Crippen molar-refractivity contribution in [2.75, 3.05) is 16.8 Å². The predicted octanol–water partition coefficient (Wildman–Crippen LogP) is 3.97. The van der Waals surface area contributed by atoms with Gasteiger partial charge in [-0.15, -0.1) is 0 Å². The van der Waals surface area contributed by atoms with E-state index in [4.69, 9.17) is 0 Å². The second kappa shape index (κ2) is 7.35. The third-order valence-electron chi connectivity index (χ3n) is 5.02. The minimum absolute atomic E-state index is 0.0292. The fourth-order valence-electron chi connectivity index (χ4n) is 3.20. The van der Waals surface area contributed by atoms with Crippen LogP contribution in [0.5, 0.6) is 0 Å². The van der Waals surface area contributed by atoms with Crippen LogP contribution in [-0.2, 0) is 9.59 Å². The highest BCUT2D eigenvalue weighted by Crippen LogP contribution is 2.48. The zero-order valence-electron chi connectivity index (χ0n) is 15.9. The van der Waals surface area contributed by atoms with Crippen molar-refractivity contribution in [3.8, 4) is 0 Å². The number of Topliss-reactive ketones (excluding diaryl/α,β-unsaturated/α-hetero) is 1. The standard InChI is InChI=1S/C22H24N2O3/c1-4-24(19-7-5-6-15(2)14-19)21(27)22(12-13-22)20(26)23-18-10-8-17(9-11-18)16(3)25/h5-11,14H,4,12-13H2,1-3H3,(H,23,26). The van der Waals surface area contributed by atoms with E-state index in [1.807, 2.05) is 38.1 Å². The number of anilines is 2. The molecule has 0 radical (unpaired) electrons. The molecule has 5 nitrogen and oxygen atoms in total. The topological polar surface area (TPSA) is 66.5 Å². The maximum absolute atomic E-state index is 13.2. The summed E-state index contributed by atoms with van der Waals surface area (Å²) < 4.78 is 0. The molecule has 1 aliphatic rings. The SMILES string of the molecule is CCN(C(=O)C1(C(=O)Nc2ccc(C(C)=O)cc2)CC1)c1cccc(C)c1. The fourth-order valence-corrected chi connectivity index (χ4v) is 3.20. The molecule has 5 heteroatoms. The van der Waals surface area contributed by atoms with E-state index in [9.17, 15) is 14.4 Å². The van der Waals surface area contributed by atoms with Gasteiger partial charge in [-0.25, -0.2) is 0 Å². The zero-order valence-corrected chi connectivity index (χ0v) is 15.9. The number of carbonyl (C=O) groups excluding carboxylic acids is 3. The van der Waals surface area contributed by atoms with Crippen molar-refractivity contribution in [1.82, 2.24) is 0 Å². The number of nitrogens with zero attached hydrogens (tertiary/aromatic N) is 1. The number of ketones is 1. The molecule has 0 unspecified atom stereocenters. The number of hydrogen-bond acceptors (Lipinski definition) is 3. The summed E-state index contributed by atoms with van der Waals surface area (Å²) in [5.41, 5.74) is 2.05. The zero-order chi connectivity index (χ0) is 19.6. The predicted molar refractivity (Wildman–Crippen MR) is 106 cm³/mol. The number of nitrogens with one attached hydrogen (secondary N) is 1. The molecular formula is C22H24N2O3. The minimum atomic E-state index is -1.00. The molecule has 0 saturated heterocycles. The molecule has 0 aromatic heterocycles. The summed E-state index contributed by atoms with van der Waals surface area (Å²) in [6, 6.07) is 14.5. The Morgan fingerprint density at radius 3 is 2.26 bits per heavy atom. The van der Waals surface area contributed by atoms with Crippen molar-refractivity contribution in [2.24, 2.45) is 5.41 Å². The second-order valence-electron chi connectivity index (χ2n) is 7.06. The Labute approximate surface area is 159 Å². The molecule has 0 aliphatic heterocycles. The molecule has 0 heterocycles. The summed E-state index contributed by atoms with van der Waals surface area (Å²) in [6.07, 6.45) is 1.09. The van der Waals surface area contributed by atoms with E-state index in [-0.39, 0.29) is 17.6 Å². The van der Waals surface area contributed by atoms with Crippen LogP contribution in [0.1, 0.15) is 42.6 Å². The Bertz CT molecular complexity index is 883. The molecule has 1 N–H and O–H groups in total. The molecule has 27 heavy (non-hydrogen) atoms. The number of aryl methyl sites for hydroxylation is 1. The molecule has 0 bridgehead atoms. The molecule has 2 aromatic rings. The molecule has 2 amide bonds. The first-order chi connectivity index (χ1) is 12.9. The van der Waals surface area contributed by atoms with Crippen molar-refractivity contribution in [1.29, 1.82) is 0 Å². The van der Waals surface area contributed by atoms with E-state index in [0.717, 1.165) is 11.3 Å². The van der Waals surface area contributed by atoms with Crippen molar-refractivity contribution >= 4 is 29.0 Å². The highest BCUT2D eigenvalue weighted by atomic mass is 16.2. The average molecular weight is 364 g/mol. The van der Waals surface area contributed by atoms with Gasteiger partial charge in [0.15, 0.2) is 5.78 Å². The lowest BCUT2D eigenvalue weighted by atomic mass is 10.0. The lowest BCUT2D eigenvalue weighted by molar-refractivity contribution is -0.132. The first kappa shape index (κ1) is 18.8. The van der Waals surface area contributed by atoms with Crippen LogP contribution in [0, 0.1) is 12.3 Å². The molecule has 3 rings (SSSR count). The fraction of sp³-hybridized carbons (Fsp3) is 0.318. The third kappa shape index (κ3) is 3.77. The van der Waals surface area contributed by atoms with E-state index >= 15 is 0 Å². The van der Waals surface area contributed by atoms with Gasteiger partial charge in [0, 0.05) is 23.5 Å². The van der Waals surface area contributed by atoms with Crippen LogP contribution >= 0.6 is 0 Å². The van der Waals surface area contributed by atoms with Gasteiger partial charge in [-0.05, 0) is 75.6 Å². The number of amides is 2. The largest absolute Gasteiger partial charge is 0.325 e. The summed E-state index contributed by atoms with van der Waals surface area (Å²) >= 11 is 0. The van der Waals surface area contributed by atoms with E-state index in [1.54, 1.807) is 29.2 Å². The van der Waals surface area contributed by atoms with Gasteiger partial charge in [-0.3, -0.25) is 14.4 Å². The summed E-state index contributed by atoms with van der Waals surface area (Å²) in [6.45, 7) is 5.89. The van der Waals surface area contributed by atoms with Crippen LogP contribution in [-0.4, -0.2) is 24.1 Å². The Morgan fingerprint density at radius 1 is 1.07 bits per heavy atom. The lowest BCUT2D eigenvalue weighted by Gasteiger charge is -2.26. The first-order valence-electron chi connectivity index (χ1n) is 9.18. The molecule has 0 atom stereocenters. The molecule has 1 fully saturated rings. The quantitative estimate of drug-likeness (QED) is 0.623. The normalized spacial score (nSPS) is 14.3. The highest BCUT2D eigenvalue weighted by molar-refractivity contribution is 6.17. The van der Waals surface area contributed by atoms with Gasteiger partial charge in [0.1, 0.15) is 5.41 Å². The summed E-state index contributed by atoms with van der Waals surface area (Å²) in [4.78, 5) is 39.1. The van der Waals surface area contributed by atoms with Crippen LogP contribution in [0.3, 0.4) is 0 Å². The average Bonchev–Trinajstić information content (AvgIpc) is 3.45. The smallest absolute Gasteiger partial charge is 0.242 e. The second-order valence-corrected chi connectivity index (χ2v) is 7.06. The Balaban J connectivity index is 1.77. The monoisotopic (exact) mass is 364 g/mol. The molecule has 140 valence electrons. The van der Waals surface area contributed by atoms with Crippen LogP contribution < -0.4 is 10.2 Å². The van der Waals surface area contributed by atoms with Gasteiger partial charge in [0.25, 0.3) is 0 Å². The lowest BCUT2D eigenvalue weighted by Crippen LogP contribution is -2.43. The molecule has 2 aromatic carbocycles. The number of rotatable bonds is 6. The van der Waals surface area contributed by atoms with Gasteiger partial charge < -0.3 is 10.2 Å². The van der Waals surface area contributed by atoms with E-state index in [2.05, 4.69) is 5.32 Å². The highest BCUT2D eigenvalue weighted by Gasteiger charge is 2.58. The van der Waals surface area contributed by atoms with Crippen molar-refractivity contribution < 1.29 is 14.4 Å². The van der Waals surface area contributed by atoms with E-state index in [0.29, 0.717) is 30.6 Å². The van der Waals surface area contributed by atoms with Gasteiger partial charge in [-0.2, -0.15) is 0 Å². The molecule has 1 aliphatic carbocycles. The Hall–Kier alpha value is -2.95. The first-order valence-corrected chi connectivity index (χ1v) is 9.18. The number of hydrogen-bond donors (Lipinski definition) is 1. The molecular weight excluding hydrogens is 340 g/mol.